The summed E-state index contributed by atoms with van der Waals surface area (Å²) in [6, 6.07) is 19.3. The van der Waals surface area contributed by atoms with Gasteiger partial charge in [0.1, 0.15) is 11.6 Å². The van der Waals surface area contributed by atoms with E-state index in [0.29, 0.717) is 27.5 Å². The summed E-state index contributed by atoms with van der Waals surface area (Å²) in [5.41, 5.74) is 2.57. The monoisotopic (exact) mass is 446 g/mol. The molecule has 0 saturated heterocycles. The maximum absolute atomic E-state index is 14.1. The van der Waals surface area contributed by atoms with Crippen molar-refractivity contribution in [2.45, 2.75) is 18.7 Å². The molecule has 0 bridgehead atoms. The normalized spacial score (nSPS) is 12.0. The van der Waals surface area contributed by atoms with Crippen molar-refractivity contribution in [3.63, 3.8) is 0 Å². The molecule has 0 radical (unpaired) electrons. The van der Waals surface area contributed by atoms with Crippen LogP contribution in [0.4, 0.5) is 4.39 Å². The predicted octanol–water partition coefficient (Wildman–Crippen LogP) is 5.56. The van der Waals surface area contributed by atoms with Crippen LogP contribution in [-0.2, 0) is 10.0 Å². The lowest BCUT2D eigenvalue weighted by atomic mass is 10.1. The van der Waals surface area contributed by atoms with Gasteiger partial charge in [0, 0.05) is 10.9 Å². The minimum Gasteiger partial charge on any atom is -0.505 e. The molecular formula is C25H19FN2O3S. The summed E-state index contributed by atoms with van der Waals surface area (Å²) < 4.78 is 43.0. The molecule has 1 N–H and O–H groups in total. The zero-order valence-electron chi connectivity index (χ0n) is 17.4. The average Bonchev–Trinajstić information content (AvgIpc) is 3.13. The number of pyridine rings is 1. The van der Waals surface area contributed by atoms with Crippen molar-refractivity contribution in [1.29, 1.82) is 0 Å². The first-order valence-electron chi connectivity index (χ1n) is 10.00. The third kappa shape index (κ3) is 2.97. The molecule has 0 aliphatic carbocycles. The number of fused-ring (bicyclic) bond motifs is 3. The molecule has 0 aliphatic heterocycles. The van der Waals surface area contributed by atoms with E-state index in [0.717, 1.165) is 5.56 Å². The standard InChI is InChI=1S/C25H19FN2O3S/c1-15-10-12-19(13-11-15)32(30,31)28-21-9-4-3-8-20(21)22-24(28)23(27-16(2)25(22)29)17-6-5-7-18(26)14-17/h3-14,29H,1-2H3. The average molecular weight is 447 g/mol. The van der Waals surface area contributed by atoms with Gasteiger partial charge in [-0.25, -0.2) is 21.8 Å². The summed E-state index contributed by atoms with van der Waals surface area (Å²) in [4.78, 5) is 4.59. The molecule has 0 atom stereocenters. The molecule has 5 rings (SSSR count). The van der Waals surface area contributed by atoms with E-state index in [-0.39, 0.29) is 21.9 Å². The summed E-state index contributed by atoms with van der Waals surface area (Å²) >= 11 is 0. The Morgan fingerprint density at radius 1 is 0.938 bits per heavy atom. The number of hydrogen-bond donors (Lipinski definition) is 1. The van der Waals surface area contributed by atoms with Crippen molar-refractivity contribution in [3.8, 4) is 17.0 Å². The largest absolute Gasteiger partial charge is 0.505 e. The highest BCUT2D eigenvalue weighted by Gasteiger charge is 2.28. The van der Waals surface area contributed by atoms with Gasteiger partial charge in [-0.05, 0) is 44.2 Å². The van der Waals surface area contributed by atoms with Gasteiger partial charge in [-0.2, -0.15) is 0 Å². The molecule has 5 aromatic rings. The molecule has 5 nitrogen and oxygen atoms in total. The van der Waals surface area contributed by atoms with Crippen LogP contribution in [0.2, 0.25) is 0 Å². The van der Waals surface area contributed by atoms with Crippen LogP contribution in [0, 0.1) is 19.7 Å². The number of para-hydroxylation sites is 1. The van der Waals surface area contributed by atoms with Gasteiger partial charge in [0.2, 0.25) is 0 Å². The fraction of sp³-hybridized carbons (Fsp3) is 0.0800. The number of rotatable bonds is 3. The summed E-state index contributed by atoms with van der Waals surface area (Å²) in [5, 5.41) is 11.9. The van der Waals surface area contributed by atoms with Gasteiger partial charge in [-0.3, -0.25) is 0 Å². The Hall–Kier alpha value is -3.71. The molecule has 2 heterocycles. The van der Waals surface area contributed by atoms with Crippen molar-refractivity contribution in [2.24, 2.45) is 0 Å². The summed E-state index contributed by atoms with van der Waals surface area (Å²) in [7, 11) is -4.06. The number of halogens is 1. The van der Waals surface area contributed by atoms with Crippen LogP contribution in [-0.4, -0.2) is 22.5 Å². The molecule has 7 heteroatoms. The van der Waals surface area contributed by atoms with Crippen molar-refractivity contribution in [3.05, 3.63) is 89.9 Å². The van der Waals surface area contributed by atoms with Gasteiger partial charge in [-0.1, -0.05) is 48.0 Å². The number of aromatic hydroxyl groups is 1. The molecule has 0 unspecified atom stereocenters. The molecule has 0 saturated carbocycles. The van der Waals surface area contributed by atoms with E-state index in [1.165, 1.54) is 16.1 Å². The maximum atomic E-state index is 14.1. The minimum absolute atomic E-state index is 0.103. The Balaban J connectivity index is 2.01. The van der Waals surface area contributed by atoms with Gasteiger partial charge in [0.05, 0.1) is 32.7 Å². The van der Waals surface area contributed by atoms with Crippen molar-refractivity contribution < 1.29 is 17.9 Å². The summed E-state index contributed by atoms with van der Waals surface area (Å²) in [6.45, 7) is 3.52. The lowest BCUT2D eigenvalue weighted by Gasteiger charge is -2.13. The molecule has 0 spiro atoms. The quantitative estimate of drug-likeness (QED) is 0.394. The lowest BCUT2D eigenvalue weighted by Crippen LogP contribution is -2.13. The number of benzene rings is 3. The molecule has 2 aromatic heterocycles. The molecule has 160 valence electrons. The minimum atomic E-state index is -4.06. The molecular weight excluding hydrogens is 427 g/mol. The highest BCUT2D eigenvalue weighted by molar-refractivity contribution is 7.90. The maximum Gasteiger partial charge on any atom is 0.268 e. The predicted molar refractivity (Wildman–Crippen MR) is 123 cm³/mol. The molecule has 0 fully saturated rings. The number of aromatic nitrogens is 2. The first-order chi connectivity index (χ1) is 15.3. The van der Waals surface area contributed by atoms with E-state index < -0.39 is 15.8 Å². The number of nitrogens with zero attached hydrogens (tertiary/aromatic N) is 2. The van der Waals surface area contributed by atoms with Crippen molar-refractivity contribution in [1.82, 2.24) is 8.96 Å². The molecule has 0 amide bonds. The van der Waals surface area contributed by atoms with Crippen LogP contribution in [0.25, 0.3) is 33.1 Å². The van der Waals surface area contributed by atoms with Crippen LogP contribution in [0.1, 0.15) is 11.3 Å². The van der Waals surface area contributed by atoms with Crippen molar-refractivity contribution >= 4 is 31.8 Å². The number of hydrogen-bond acceptors (Lipinski definition) is 4. The second kappa shape index (κ2) is 7.17. The van der Waals surface area contributed by atoms with E-state index in [1.54, 1.807) is 67.6 Å². The Morgan fingerprint density at radius 3 is 2.38 bits per heavy atom. The summed E-state index contributed by atoms with van der Waals surface area (Å²) in [6.07, 6.45) is 0. The highest BCUT2D eigenvalue weighted by atomic mass is 32.2. The SMILES string of the molecule is Cc1ccc(S(=O)(=O)n2c3ccccc3c3c(O)c(C)nc(-c4cccc(F)c4)c32)cc1. The Kier molecular flexibility index (Phi) is 4.53. The Morgan fingerprint density at radius 2 is 1.66 bits per heavy atom. The second-order valence-electron chi connectivity index (χ2n) is 7.73. The van der Waals surface area contributed by atoms with Crippen LogP contribution in [0.5, 0.6) is 5.75 Å². The third-order valence-corrected chi connectivity index (χ3v) is 7.30. The Labute approximate surface area is 184 Å². The van der Waals surface area contributed by atoms with Crippen LogP contribution >= 0.6 is 0 Å². The zero-order chi connectivity index (χ0) is 22.6. The summed E-state index contributed by atoms with van der Waals surface area (Å²) in [5.74, 6) is -0.568. The van der Waals surface area contributed by atoms with Gasteiger partial charge in [0.15, 0.2) is 0 Å². The first-order valence-corrected chi connectivity index (χ1v) is 11.4. The first kappa shape index (κ1) is 20.2. The van der Waals surface area contributed by atoms with Gasteiger partial charge >= 0.3 is 0 Å². The lowest BCUT2D eigenvalue weighted by molar-refractivity contribution is 0.475. The van der Waals surface area contributed by atoms with Crippen LogP contribution in [0.3, 0.4) is 0 Å². The molecule has 32 heavy (non-hydrogen) atoms. The van der Waals surface area contributed by atoms with E-state index in [9.17, 15) is 17.9 Å². The molecule has 3 aromatic carbocycles. The highest BCUT2D eigenvalue weighted by Crippen LogP contribution is 2.42. The number of aryl methyl sites for hydroxylation is 2. The van der Waals surface area contributed by atoms with E-state index >= 15 is 0 Å². The topological polar surface area (TPSA) is 72.2 Å². The van der Waals surface area contributed by atoms with Gasteiger partial charge in [0.25, 0.3) is 10.0 Å². The zero-order valence-corrected chi connectivity index (χ0v) is 18.2. The van der Waals surface area contributed by atoms with Gasteiger partial charge in [-0.15, -0.1) is 0 Å². The van der Waals surface area contributed by atoms with Gasteiger partial charge < -0.3 is 5.11 Å². The van der Waals surface area contributed by atoms with Crippen molar-refractivity contribution in [2.75, 3.05) is 0 Å². The molecule has 0 aliphatic rings. The van der Waals surface area contributed by atoms with E-state index in [1.807, 2.05) is 6.92 Å². The third-order valence-electron chi connectivity index (χ3n) is 5.57. The fourth-order valence-electron chi connectivity index (χ4n) is 4.02. The van der Waals surface area contributed by atoms with E-state index in [2.05, 4.69) is 4.98 Å². The Bertz CT molecular complexity index is 1620. The van der Waals surface area contributed by atoms with Crippen LogP contribution < -0.4 is 0 Å². The second-order valence-corrected chi connectivity index (χ2v) is 9.51. The fourth-order valence-corrected chi connectivity index (χ4v) is 5.55. The smallest absolute Gasteiger partial charge is 0.268 e. The van der Waals surface area contributed by atoms with Crippen LogP contribution in [0.15, 0.2) is 77.7 Å². The van der Waals surface area contributed by atoms with E-state index in [4.69, 9.17) is 0 Å².